The van der Waals surface area contributed by atoms with Gasteiger partial charge in [0.1, 0.15) is 18.2 Å². The summed E-state index contributed by atoms with van der Waals surface area (Å²) in [6, 6.07) is 12.8. The summed E-state index contributed by atoms with van der Waals surface area (Å²) in [5, 5.41) is 0. The highest BCUT2D eigenvalue weighted by molar-refractivity contribution is 6.06. The molecule has 2 rings (SSSR count). The van der Waals surface area contributed by atoms with Crippen LogP contribution in [-0.4, -0.2) is 12.4 Å². The lowest BCUT2D eigenvalue weighted by molar-refractivity contribution is 0.104. The van der Waals surface area contributed by atoms with Gasteiger partial charge in [-0.05, 0) is 48.0 Å². The van der Waals surface area contributed by atoms with Crippen molar-refractivity contribution in [2.45, 2.75) is 0 Å². The summed E-state index contributed by atoms with van der Waals surface area (Å²) < 4.78 is 18.2. The lowest BCUT2D eigenvalue weighted by Crippen LogP contribution is -1.94. The third kappa shape index (κ3) is 4.42. The largest absolute Gasteiger partial charge is 0.490 e. The number of hydrogen-bond donors (Lipinski definition) is 0. The summed E-state index contributed by atoms with van der Waals surface area (Å²) in [4.78, 5) is 11.9. The number of allylic oxidation sites excluding steroid dienone is 1. The number of hydrogen-bond acceptors (Lipinski definition) is 2. The molecule has 0 spiro atoms. The van der Waals surface area contributed by atoms with Crippen LogP contribution in [0.15, 0.2) is 67.3 Å². The van der Waals surface area contributed by atoms with E-state index < -0.39 is 0 Å². The van der Waals surface area contributed by atoms with E-state index >= 15 is 0 Å². The van der Waals surface area contributed by atoms with Crippen molar-refractivity contribution in [3.63, 3.8) is 0 Å². The van der Waals surface area contributed by atoms with Gasteiger partial charge in [-0.15, -0.1) is 0 Å². The fraction of sp³-hybridized carbons (Fsp3) is 0.0556. The van der Waals surface area contributed by atoms with Crippen molar-refractivity contribution in [1.29, 1.82) is 0 Å². The van der Waals surface area contributed by atoms with Gasteiger partial charge in [-0.2, -0.15) is 0 Å². The van der Waals surface area contributed by atoms with Crippen molar-refractivity contribution in [1.82, 2.24) is 0 Å². The van der Waals surface area contributed by atoms with Gasteiger partial charge in [0.15, 0.2) is 5.78 Å². The Balaban J connectivity index is 2.01. The van der Waals surface area contributed by atoms with E-state index in [9.17, 15) is 9.18 Å². The molecule has 0 aliphatic heterocycles. The minimum Gasteiger partial charge on any atom is -0.490 e. The minimum atomic E-state index is -0.356. The van der Waals surface area contributed by atoms with Crippen LogP contribution in [0.1, 0.15) is 15.9 Å². The monoisotopic (exact) mass is 282 g/mol. The normalized spacial score (nSPS) is 10.5. The lowest BCUT2D eigenvalue weighted by atomic mass is 10.1. The first-order chi connectivity index (χ1) is 10.2. The van der Waals surface area contributed by atoms with Crippen LogP contribution < -0.4 is 4.74 Å². The van der Waals surface area contributed by atoms with Crippen LogP contribution in [-0.2, 0) is 0 Å². The van der Waals surface area contributed by atoms with Crippen LogP contribution in [0.25, 0.3) is 6.08 Å². The highest BCUT2D eigenvalue weighted by Gasteiger charge is 2.01. The molecule has 0 unspecified atom stereocenters. The van der Waals surface area contributed by atoms with Gasteiger partial charge in [0, 0.05) is 5.56 Å². The molecule has 2 aromatic carbocycles. The number of halogens is 1. The molecule has 0 fully saturated rings. The summed E-state index contributed by atoms with van der Waals surface area (Å²) in [6.45, 7) is 4.04. The van der Waals surface area contributed by atoms with Crippen LogP contribution in [0.5, 0.6) is 5.75 Å². The third-order valence-electron chi connectivity index (χ3n) is 2.80. The van der Waals surface area contributed by atoms with Gasteiger partial charge in [-0.1, -0.05) is 30.9 Å². The van der Waals surface area contributed by atoms with Gasteiger partial charge in [0.05, 0.1) is 0 Å². The van der Waals surface area contributed by atoms with E-state index in [0.717, 1.165) is 11.3 Å². The predicted molar refractivity (Wildman–Crippen MR) is 81.9 cm³/mol. The third-order valence-corrected chi connectivity index (χ3v) is 2.80. The maximum atomic E-state index is 12.8. The molecular formula is C18H15FO2. The average molecular weight is 282 g/mol. The maximum absolute atomic E-state index is 12.8. The first kappa shape index (κ1) is 14.7. The summed E-state index contributed by atoms with van der Waals surface area (Å²) in [7, 11) is 0. The van der Waals surface area contributed by atoms with E-state index in [-0.39, 0.29) is 11.6 Å². The molecule has 0 aliphatic carbocycles. The Labute approximate surface area is 123 Å². The molecular weight excluding hydrogens is 267 g/mol. The van der Waals surface area contributed by atoms with E-state index in [0.29, 0.717) is 12.2 Å². The van der Waals surface area contributed by atoms with E-state index in [2.05, 4.69) is 6.58 Å². The second kappa shape index (κ2) is 7.20. The highest BCUT2D eigenvalue weighted by Crippen LogP contribution is 2.14. The molecule has 2 aromatic rings. The molecule has 0 N–H and O–H groups in total. The standard InChI is InChI=1S/C18H15FO2/c1-2-13-21-17-10-3-14(4-11-17)5-12-18(20)15-6-8-16(19)9-7-15/h2-12H,1,13H2. The summed E-state index contributed by atoms with van der Waals surface area (Å²) in [6.07, 6.45) is 4.85. The molecule has 106 valence electrons. The van der Waals surface area contributed by atoms with E-state index in [1.807, 2.05) is 24.3 Å². The fourth-order valence-corrected chi connectivity index (χ4v) is 1.71. The Kier molecular flexibility index (Phi) is 5.04. The van der Waals surface area contributed by atoms with Crippen molar-refractivity contribution in [2.24, 2.45) is 0 Å². The minimum absolute atomic E-state index is 0.165. The molecule has 21 heavy (non-hydrogen) atoms. The Morgan fingerprint density at radius 2 is 1.76 bits per heavy atom. The molecule has 0 saturated heterocycles. The number of carbonyl (C=O) groups excluding carboxylic acids is 1. The number of rotatable bonds is 6. The predicted octanol–water partition coefficient (Wildman–Crippen LogP) is 4.29. The molecule has 0 amide bonds. The quantitative estimate of drug-likeness (QED) is 0.449. The first-order valence-corrected chi connectivity index (χ1v) is 6.51. The van der Waals surface area contributed by atoms with Crippen LogP contribution in [0.2, 0.25) is 0 Å². The van der Waals surface area contributed by atoms with Gasteiger partial charge in [0.25, 0.3) is 0 Å². The summed E-state index contributed by atoms with van der Waals surface area (Å²) >= 11 is 0. The van der Waals surface area contributed by atoms with Crippen molar-refractivity contribution < 1.29 is 13.9 Å². The van der Waals surface area contributed by atoms with Crippen LogP contribution in [0.3, 0.4) is 0 Å². The van der Waals surface area contributed by atoms with E-state index in [4.69, 9.17) is 4.74 Å². The Bertz CT molecular complexity index is 640. The summed E-state index contributed by atoms with van der Waals surface area (Å²) in [5.41, 5.74) is 1.34. The van der Waals surface area contributed by atoms with Gasteiger partial charge in [0.2, 0.25) is 0 Å². The molecule has 0 bridgehead atoms. The van der Waals surface area contributed by atoms with Gasteiger partial charge in [-0.3, -0.25) is 4.79 Å². The number of carbonyl (C=O) groups is 1. The molecule has 0 radical (unpaired) electrons. The highest BCUT2D eigenvalue weighted by atomic mass is 19.1. The van der Waals surface area contributed by atoms with Gasteiger partial charge < -0.3 is 4.74 Å². The molecule has 0 aromatic heterocycles. The SMILES string of the molecule is C=CCOc1ccc(C=CC(=O)c2ccc(F)cc2)cc1. The van der Waals surface area contributed by atoms with Crippen LogP contribution in [0, 0.1) is 5.82 Å². The molecule has 0 atom stereocenters. The van der Waals surface area contributed by atoms with Crippen molar-refractivity contribution in [3.8, 4) is 5.75 Å². The zero-order valence-corrected chi connectivity index (χ0v) is 11.5. The van der Waals surface area contributed by atoms with Gasteiger partial charge in [-0.25, -0.2) is 4.39 Å². The molecule has 0 heterocycles. The number of ketones is 1. The Morgan fingerprint density at radius 3 is 2.38 bits per heavy atom. The van der Waals surface area contributed by atoms with Crippen molar-refractivity contribution in [3.05, 3.63) is 84.2 Å². The zero-order valence-electron chi connectivity index (χ0n) is 11.5. The Morgan fingerprint density at radius 1 is 1.10 bits per heavy atom. The first-order valence-electron chi connectivity index (χ1n) is 6.51. The average Bonchev–Trinajstić information content (AvgIpc) is 2.52. The van der Waals surface area contributed by atoms with Gasteiger partial charge >= 0.3 is 0 Å². The maximum Gasteiger partial charge on any atom is 0.185 e. The lowest BCUT2D eigenvalue weighted by Gasteiger charge is -2.02. The number of ether oxygens (including phenoxy) is 1. The smallest absolute Gasteiger partial charge is 0.185 e. The summed E-state index contributed by atoms with van der Waals surface area (Å²) in [5.74, 6) is 0.226. The van der Waals surface area contributed by atoms with E-state index in [1.165, 1.54) is 30.3 Å². The molecule has 2 nitrogen and oxygen atoms in total. The zero-order chi connectivity index (χ0) is 15.1. The van der Waals surface area contributed by atoms with E-state index in [1.54, 1.807) is 12.2 Å². The van der Waals surface area contributed by atoms with Crippen molar-refractivity contribution in [2.75, 3.05) is 6.61 Å². The second-order valence-corrected chi connectivity index (χ2v) is 4.37. The molecule has 0 saturated carbocycles. The second-order valence-electron chi connectivity index (χ2n) is 4.37. The van der Waals surface area contributed by atoms with Crippen LogP contribution in [0.4, 0.5) is 4.39 Å². The van der Waals surface area contributed by atoms with Crippen LogP contribution >= 0.6 is 0 Å². The van der Waals surface area contributed by atoms with Crippen molar-refractivity contribution >= 4 is 11.9 Å². The Hall–Kier alpha value is -2.68. The molecule has 3 heteroatoms. The molecule has 0 aliphatic rings. The number of benzene rings is 2. The fourth-order valence-electron chi connectivity index (χ4n) is 1.71. The topological polar surface area (TPSA) is 26.3 Å².